The third-order valence-electron chi connectivity index (χ3n) is 5.77. The van der Waals surface area contributed by atoms with Crippen molar-refractivity contribution in [3.05, 3.63) is 72.8 Å². The number of carbonyl (C=O) groups excluding carboxylic acids is 1. The van der Waals surface area contributed by atoms with E-state index in [-0.39, 0.29) is 11.9 Å². The maximum atomic E-state index is 13.1. The fourth-order valence-corrected chi connectivity index (χ4v) is 5.36. The molecule has 1 heterocycles. The molecule has 1 saturated heterocycles. The zero-order valence-corrected chi connectivity index (χ0v) is 17.7. The minimum Gasteiger partial charge on any atom is -0.323 e. The van der Waals surface area contributed by atoms with Crippen LogP contribution in [0.25, 0.3) is 10.8 Å². The maximum Gasteiger partial charge on any atom is 0.282 e. The number of sulfonamides is 1. The Morgan fingerprint density at radius 3 is 2.27 bits per heavy atom. The van der Waals surface area contributed by atoms with E-state index in [1.807, 2.05) is 67.6 Å². The third-order valence-corrected chi connectivity index (χ3v) is 7.66. The zero-order valence-electron chi connectivity index (χ0n) is 16.9. The minimum absolute atomic E-state index is 0.0537. The molecule has 0 saturated carbocycles. The standard InChI is InChI=1S/C23H25N3O3S/c1-18(23(27)24-21-9-3-2-4-10-21)25-13-15-26(16-14-25)30(28,29)22-12-11-19-7-5-6-8-20(19)17-22/h2-12,17-18H,13-16H2,1H3,(H,24,27)/p+1/t18-/m0/s1. The van der Waals surface area contributed by atoms with Gasteiger partial charge >= 0.3 is 0 Å². The lowest BCUT2D eigenvalue weighted by atomic mass is 10.1. The highest BCUT2D eigenvalue weighted by Gasteiger charge is 2.34. The summed E-state index contributed by atoms with van der Waals surface area (Å²) >= 11 is 0. The van der Waals surface area contributed by atoms with Gasteiger partial charge in [-0.3, -0.25) is 4.79 Å². The summed E-state index contributed by atoms with van der Waals surface area (Å²) in [6.45, 7) is 3.87. The second-order valence-electron chi connectivity index (χ2n) is 7.65. The van der Waals surface area contributed by atoms with Gasteiger partial charge in [-0.15, -0.1) is 0 Å². The van der Waals surface area contributed by atoms with Gasteiger partial charge in [-0.25, -0.2) is 8.42 Å². The summed E-state index contributed by atoms with van der Waals surface area (Å²) in [4.78, 5) is 14.0. The van der Waals surface area contributed by atoms with Crippen LogP contribution in [-0.2, 0) is 14.8 Å². The summed E-state index contributed by atoms with van der Waals surface area (Å²) in [5.74, 6) is -0.0537. The van der Waals surface area contributed by atoms with Crippen molar-refractivity contribution >= 4 is 32.4 Å². The van der Waals surface area contributed by atoms with Crippen LogP contribution in [0.3, 0.4) is 0 Å². The summed E-state index contributed by atoms with van der Waals surface area (Å²) in [6.07, 6.45) is 0. The van der Waals surface area contributed by atoms with Crippen LogP contribution in [0.1, 0.15) is 6.92 Å². The topological polar surface area (TPSA) is 70.9 Å². The highest BCUT2D eigenvalue weighted by atomic mass is 32.2. The largest absolute Gasteiger partial charge is 0.323 e. The van der Waals surface area contributed by atoms with Gasteiger partial charge in [0.05, 0.1) is 31.1 Å². The first-order chi connectivity index (χ1) is 14.4. The molecule has 1 aliphatic rings. The van der Waals surface area contributed by atoms with E-state index in [9.17, 15) is 13.2 Å². The third kappa shape index (κ3) is 4.23. The van der Waals surface area contributed by atoms with E-state index < -0.39 is 10.0 Å². The van der Waals surface area contributed by atoms with E-state index in [0.29, 0.717) is 31.1 Å². The number of carbonyl (C=O) groups is 1. The quantitative estimate of drug-likeness (QED) is 0.656. The van der Waals surface area contributed by atoms with Crippen LogP contribution >= 0.6 is 0 Å². The van der Waals surface area contributed by atoms with Gasteiger partial charge in [0.2, 0.25) is 10.0 Å². The molecule has 1 fully saturated rings. The van der Waals surface area contributed by atoms with Crippen molar-refractivity contribution in [2.45, 2.75) is 17.9 Å². The molecule has 1 aliphatic heterocycles. The Morgan fingerprint density at radius 1 is 0.933 bits per heavy atom. The first kappa shape index (κ1) is 20.5. The number of para-hydroxylation sites is 1. The number of quaternary nitrogens is 1. The van der Waals surface area contributed by atoms with Crippen LogP contribution in [0.2, 0.25) is 0 Å². The molecule has 3 aromatic rings. The predicted octanol–water partition coefficient (Wildman–Crippen LogP) is 1.76. The number of hydrogen-bond acceptors (Lipinski definition) is 3. The average molecular weight is 425 g/mol. The molecular formula is C23H26N3O3S+. The molecular weight excluding hydrogens is 398 g/mol. The number of nitrogens with one attached hydrogen (secondary N) is 2. The molecule has 30 heavy (non-hydrogen) atoms. The van der Waals surface area contributed by atoms with Gasteiger partial charge in [0, 0.05) is 5.69 Å². The van der Waals surface area contributed by atoms with Gasteiger partial charge in [-0.2, -0.15) is 4.31 Å². The molecule has 2 N–H and O–H groups in total. The van der Waals surface area contributed by atoms with Crippen molar-refractivity contribution in [2.75, 3.05) is 31.5 Å². The Labute approximate surface area is 177 Å². The number of nitrogens with zero attached hydrogens (tertiary/aromatic N) is 1. The summed E-state index contributed by atoms with van der Waals surface area (Å²) < 4.78 is 27.8. The number of piperazine rings is 1. The van der Waals surface area contributed by atoms with E-state index in [1.54, 1.807) is 12.1 Å². The smallest absolute Gasteiger partial charge is 0.282 e. The monoisotopic (exact) mass is 424 g/mol. The van der Waals surface area contributed by atoms with Crippen molar-refractivity contribution in [1.82, 2.24) is 4.31 Å². The molecule has 0 aromatic heterocycles. The molecule has 0 unspecified atom stereocenters. The molecule has 7 heteroatoms. The zero-order chi connectivity index (χ0) is 21.1. The average Bonchev–Trinajstić information content (AvgIpc) is 2.79. The van der Waals surface area contributed by atoms with E-state index in [1.165, 1.54) is 4.31 Å². The lowest BCUT2D eigenvalue weighted by Gasteiger charge is -2.34. The van der Waals surface area contributed by atoms with Gasteiger partial charge in [-0.1, -0.05) is 48.5 Å². The first-order valence-corrected chi connectivity index (χ1v) is 11.6. The number of anilines is 1. The van der Waals surface area contributed by atoms with E-state index >= 15 is 0 Å². The Bertz CT molecular complexity index is 1140. The molecule has 1 amide bonds. The maximum absolute atomic E-state index is 13.1. The van der Waals surface area contributed by atoms with Crippen LogP contribution in [0.5, 0.6) is 0 Å². The fourth-order valence-electron chi connectivity index (χ4n) is 3.88. The van der Waals surface area contributed by atoms with Crippen LogP contribution in [-0.4, -0.2) is 50.9 Å². The molecule has 0 aliphatic carbocycles. The van der Waals surface area contributed by atoms with Crippen molar-refractivity contribution in [2.24, 2.45) is 0 Å². The van der Waals surface area contributed by atoms with Crippen molar-refractivity contribution < 1.29 is 18.1 Å². The van der Waals surface area contributed by atoms with Gasteiger partial charge in [0.25, 0.3) is 5.91 Å². The number of fused-ring (bicyclic) bond motifs is 1. The number of hydrogen-bond donors (Lipinski definition) is 2. The summed E-state index contributed by atoms with van der Waals surface area (Å²) in [7, 11) is -3.55. The van der Waals surface area contributed by atoms with Gasteiger partial charge < -0.3 is 10.2 Å². The molecule has 0 bridgehead atoms. The summed E-state index contributed by atoms with van der Waals surface area (Å²) in [5, 5.41) is 4.86. The van der Waals surface area contributed by atoms with Gasteiger partial charge in [0.1, 0.15) is 0 Å². The second kappa shape index (κ2) is 8.55. The highest BCUT2D eigenvalue weighted by Crippen LogP contribution is 2.22. The van der Waals surface area contributed by atoms with Crippen LogP contribution in [0.4, 0.5) is 5.69 Å². The summed E-state index contributed by atoms with van der Waals surface area (Å²) in [6, 6.07) is 22.1. The van der Waals surface area contributed by atoms with Crippen molar-refractivity contribution in [3.63, 3.8) is 0 Å². The van der Waals surface area contributed by atoms with Crippen LogP contribution in [0, 0.1) is 0 Å². The second-order valence-corrected chi connectivity index (χ2v) is 9.59. The summed E-state index contributed by atoms with van der Waals surface area (Å²) in [5.41, 5.74) is 0.770. The molecule has 1 atom stereocenters. The van der Waals surface area contributed by atoms with Crippen LogP contribution < -0.4 is 10.2 Å². The highest BCUT2D eigenvalue weighted by molar-refractivity contribution is 7.89. The van der Waals surface area contributed by atoms with Crippen molar-refractivity contribution in [1.29, 1.82) is 0 Å². The number of benzene rings is 3. The Hall–Kier alpha value is -2.74. The van der Waals surface area contributed by atoms with E-state index in [4.69, 9.17) is 0 Å². The SMILES string of the molecule is C[C@@H](C(=O)Nc1ccccc1)[NH+]1CCN(S(=O)(=O)c2ccc3ccccc3c2)CC1. The molecule has 3 aromatic carbocycles. The molecule has 0 radical (unpaired) electrons. The predicted molar refractivity (Wildman–Crippen MR) is 118 cm³/mol. The Kier molecular flexibility index (Phi) is 5.85. The lowest BCUT2D eigenvalue weighted by Crippen LogP contribution is -3.19. The number of rotatable bonds is 5. The molecule has 4 rings (SSSR count). The van der Waals surface area contributed by atoms with E-state index in [2.05, 4.69) is 5.32 Å². The molecule has 156 valence electrons. The van der Waals surface area contributed by atoms with Crippen LogP contribution in [0.15, 0.2) is 77.7 Å². The Balaban J connectivity index is 1.41. The minimum atomic E-state index is -3.55. The van der Waals surface area contributed by atoms with E-state index in [0.717, 1.165) is 21.4 Å². The molecule has 0 spiro atoms. The Morgan fingerprint density at radius 2 is 1.57 bits per heavy atom. The molecule has 6 nitrogen and oxygen atoms in total. The van der Waals surface area contributed by atoms with Crippen molar-refractivity contribution in [3.8, 4) is 0 Å². The fraction of sp³-hybridized carbons (Fsp3) is 0.261. The number of amides is 1. The normalized spacial score (nSPS) is 17.0. The van der Waals surface area contributed by atoms with Gasteiger partial charge in [-0.05, 0) is 42.0 Å². The van der Waals surface area contributed by atoms with Gasteiger partial charge in [0.15, 0.2) is 6.04 Å². The first-order valence-electron chi connectivity index (χ1n) is 10.1. The lowest BCUT2D eigenvalue weighted by molar-refractivity contribution is -0.917.